The molecular weight excluding hydrogens is 655 g/mol. The van der Waals surface area contributed by atoms with Gasteiger partial charge in [0.15, 0.2) is 9.84 Å². The molecule has 1 spiro atoms. The van der Waals surface area contributed by atoms with E-state index in [0.717, 1.165) is 24.0 Å². The minimum Gasteiger partial charge on any atom is -0.496 e. The van der Waals surface area contributed by atoms with Crippen LogP contribution in [0.3, 0.4) is 0 Å². The first-order valence-corrected chi connectivity index (χ1v) is 19.5. The summed E-state index contributed by atoms with van der Waals surface area (Å²) in [7, 11) is -5.53. The fourth-order valence-electron chi connectivity index (χ4n) is 6.56. The predicted molar refractivity (Wildman–Crippen MR) is 182 cm³/mol. The maximum atomic E-state index is 13.8. The van der Waals surface area contributed by atoms with Crippen molar-refractivity contribution in [2.45, 2.75) is 72.1 Å². The SMILES string of the molecule is CCS(=O)(=O)c1cccc(OC[C@@H](O)CN[C@H]2COC3(CCN(S(=O)(=O)c4ccc(OC)c(-c5ccc(C6(N)CC6)cc5)c4)CC3)C2)c1. The normalized spacial score (nSPS) is 21.2. The van der Waals surface area contributed by atoms with E-state index < -0.39 is 31.6 Å². The van der Waals surface area contributed by atoms with E-state index in [-0.39, 0.29) is 40.3 Å². The summed E-state index contributed by atoms with van der Waals surface area (Å²) in [5.41, 5.74) is 8.33. The summed E-state index contributed by atoms with van der Waals surface area (Å²) in [6, 6.07) is 19.2. The van der Waals surface area contributed by atoms with Crippen molar-refractivity contribution in [3.8, 4) is 22.6 Å². The molecular formula is C35H45N3O8S2. The number of methoxy groups -OCH3 is 1. The molecule has 0 radical (unpaired) electrons. The van der Waals surface area contributed by atoms with Gasteiger partial charge in [0.05, 0.1) is 34.9 Å². The summed E-state index contributed by atoms with van der Waals surface area (Å²) in [5.74, 6) is 0.975. The highest BCUT2D eigenvalue weighted by atomic mass is 32.2. The van der Waals surface area contributed by atoms with Crippen molar-refractivity contribution in [1.82, 2.24) is 9.62 Å². The molecule has 13 heteroatoms. The number of aliphatic hydroxyl groups excluding tert-OH is 1. The smallest absolute Gasteiger partial charge is 0.243 e. The molecule has 2 atom stereocenters. The van der Waals surface area contributed by atoms with Crippen LogP contribution in [0, 0.1) is 0 Å². The summed E-state index contributed by atoms with van der Waals surface area (Å²) < 4.78 is 70.9. The first-order chi connectivity index (χ1) is 22.9. The third-order valence-electron chi connectivity index (χ3n) is 9.84. The topological polar surface area (TPSA) is 157 Å². The van der Waals surface area contributed by atoms with E-state index in [9.17, 15) is 21.9 Å². The van der Waals surface area contributed by atoms with Crippen molar-refractivity contribution in [1.29, 1.82) is 0 Å². The van der Waals surface area contributed by atoms with E-state index in [2.05, 4.69) is 5.32 Å². The molecule has 1 saturated carbocycles. The number of aliphatic hydroxyl groups is 1. The molecule has 0 bridgehead atoms. The quantitative estimate of drug-likeness (QED) is 0.242. The molecule has 3 aromatic carbocycles. The molecule has 0 aromatic heterocycles. The van der Waals surface area contributed by atoms with Crippen LogP contribution in [-0.2, 0) is 30.1 Å². The number of ether oxygens (including phenoxy) is 3. The minimum absolute atomic E-state index is 0.000940. The number of hydrogen-bond acceptors (Lipinski definition) is 10. The lowest BCUT2D eigenvalue weighted by Crippen LogP contribution is -2.47. The van der Waals surface area contributed by atoms with Gasteiger partial charge in [0, 0.05) is 36.8 Å². The van der Waals surface area contributed by atoms with Crippen molar-refractivity contribution in [2.24, 2.45) is 5.73 Å². The maximum Gasteiger partial charge on any atom is 0.243 e. The predicted octanol–water partition coefficient (Wildman–Crippen LogP) is 3.45. The summed E-state index contributed by atoms with van der Waals surface area (Å²) in [5, 5.41) is 13.9. The van der Waals surface area contributed by atoms with Crippen LogP contribution in [0.15, 0.2) is 76.5 Å². The number of nitrogens with zero attached hydrogens (tertiary/aromatic N) is 1. The van der Waals surface area contributed by atoms with E-state index in [4.69, 9.17) is 19.9 Å². The van der Waals surface area contributed by atoms with Gasteiger partial charge in [-0.3, -0.25) is 0 Å². The summed E-state index contributed by atoms with van der Waals surface area (Å²) >= 11 is 0. The Balaban J connectivity index is 1.01. The summed E-state index contributed by atoms with van der Waals surface area (Å²) in [4.78, 5) is 0.411. The zero-order chi connectivity index (χ0) is 34.2. The van der Waals surface area contributed by atoms with Gasteiger partial charge < -0.3 is 30.4 Å². The molecule has 0 unspecified atom stereocenters. The maximum absolute atomic E-state index is 13.8. The Morgan fingerprint density at radius 1 is 1.00 bits per heavy atom. The first kappa shape index (κ1) is 34.8. The lowest BCUT2D eigenvalue weighted by atomic mass is 9.88. The monoisotopic (exact) mass is 699 g/mol. The van der Waals surface area contributed by atoms with Gasteiger partial charge in [-0.25, -0.2) is 16.8 Å². The number of benzene rings is 3. The van der Waals surface area contributed by atoms with Gasteiger partial charge in [-0.05, 0) is 79.6 Å². The second kappa shape index (κ2) is 13.7. The summed E-state index contributed by atoms with van der Waals surface area (Å²) in [6.45, 7) is 3.00. The third kappa shape index (κ3) is 7.42. The second-order valence-electron chi connectivity index (χ2n) is 13.1. The van der Waals surface area contributed by atoms with Crippen molar-refractivity contribution < 1.29 is 36.2 Å². The Morgan fingerprint density at radius 3 is 2.40 bits per heavy atom. The number of nitrogens with two attached hydrogens (primary N) is 1. The molecule has 260 valence electrons. The van der Waals surface area contributed by atoms with E-state index in [0.29, 0.717) is 56.0 Å². The van der Waals surface area contributed by atoms with Gasteiger partial charge >= 0.3 is 0 Å². The zero-order valence-corrected chi connectivity index (χ0v) is 29.1. The van der Waals surface area contributed by atoms with Crippen LogP contribution in [0.4, 0.5) is 0 Å². The number of rotatable bonds is 13. The number of sulfone groups is 1. The Bertz CT molecular complexity index is 1820. The van der Waals surface area contributed by atoms with Crippen LogP contribution >= 0.6 is 0 Å². The van der Waals surface area contributed by atoms with Gasteiger partial charge in [-0.1, -0.05) is 37.3 Å². The van der Waals surface area contributed by atoms with Gasteiger partial charge in [-0.15, -0.1) is 0 Å². The fraction of sp³-hybridized carbons (Fsp3) is 0.486. The van der Waals surface area contributed by atoms with Crippen LogP contribution in [0.1, 0.15) is 44.6 Å². The van der Waals surface area contributed by atoms with E-state index in [1.165, 1.54) is 16.4 Å². The Hall–Kier alpha value is -3.04. The lowest BCUT2D eigenvalue weighted by Gasteiger charge is -2.38. The molecule has 2 aliphatic heterocycles. The van der Waals surface area contributed by atoms with Crippen LogP contribution in [0.25, 0.3) is 11.1 Å². The van der Waals surface area contributed by atoms with Crippen LogP contribution in [0.5, 0.6) is 11.5 Å². The number of hydrogen-bond donors (Lipinski definition) is 3. The van der Waals surface area contributed by atoms with E-state index >= 15 is 0 Å². The molecule has 1 aliphatic carbocycles. The van der Waals surface area contributed by atoms with Crippen molar-refractivity contribution in [2.75, 3.05) is 45.7 Å². The Labute approximate surface area is 283 Å². The van der Waals surface area contributed by atoms with E-state index in [1.54, 1.807) is 44.4 Å². The molecule has 3 fully saturated rings. The third-order valence-corrected chi connectivity index (χ3v) is 13.5. The van der Waals surface area contributed by atoms with Crippen LogP contribution in [0.2, 0.25) is 0 Å². The molecule has 6 rings (SSSR count). The van der Waals surface area contributed by atoms with Gasteiger partial charge in [0.2, 0.25) is 10.0 Å². The fourth-order valence-corrected chi connectivity index (χ4v) is 8.95. The number of nitrogens with one attached hydrogen (secondary N) is 1. The average Bonchev–Trinajstić information content (AvgIpc) is 3.74. The molecule has 48 heavy (non-hydrogen) atoms. The number of piperidine rings is 1. The van der Waals surface area contributed by atoms with E-state index in [1.807, 2.05) is 24.3 Å². The molecule has 0 amide bonds. The minimum atomic E-state index is -3.76. The zero-order valence-electron chi connectivity index (χ0n) is 27.4. The van der Waals surface area contributed by atoms with Gasteiger partial charge in [0.25, 0.3) is 0 Å². The molecule has 3 aromatic rings. The Morgan fingerprint density at radius 2 is 1.73 bits per heavy atom. The highest BCUT2D eigenvalue weighted by Crippen LogP contribution is 2.44. The van der Waals surface area contributed by atoms with Crippen molar-refractivity contribution in [3.63, 3.8) is 0 Å². The summed E-state index contributed by atoms with van der Waals surface area (Å²) in [6.07, 6.45) is 2.96. The molecule has 2 saturated heterocycles. The molecule has 11 nitrogen and oxygen atoms in total. The highest BCUT2D eigenvalue weighted by Gasteiger charge is 2.45. The van der Waals surface area contributed by atoms with Crippen LogP contribution < -0.4 is 20.5 Å². The standard InChI is InChI=1S/C35H45N3O8S2/c1-3-47(40,41)30-6-4-5-29(19-30)45-24-28(39)22-37-27-21-34(46-23-27)15-17-38(18-16-34)48(42,43)31-11-12-33(44-2)32(20-31)25-7-9-26(10-8-25)35(36)13-14-35/h4-12,19-20,27-28,37,39H,3,13-18,21-24,36H2,1-2H3/t27-,28+/m1/s1. The number of sulfonamides is 1. The Kier molecular flexibility index (Phi) is 9.93. The highest BCUT2D eigenvalue weighted by molar-refractivity contribution is 7.91. The second-order valence-corrected chi connectivity index (χ2v) is 17.4. The first-order valence-electron chi connectivity index (χ1n) is 16.5. The van der Waals surface area contributed by atoms with Gasteiger partial charge in [-0.2, -0.15) is 4.31 Å². The molecule has 3 aliphatic rings. The molecule has 4 N–H and O–H groups in total. The van der Waals surface area contributed by atoms with Crippen molar-refractivity contribution in [3.05, 3.63) is 72.3 Å². The largest absolute Gasteiger partial charge is 0.496 e. The average molecular weight is 700 g/mol. The lowest BCUT2D eigenvalue weighted by molar-refractivity contribution is -0.0312. The van der Waals surface area contributed by atoms with Gasteiger partial charge in [0.1, 0.15) is 24.2 Å². The van der Waals surface area contributed by atoms with Crippen LogP contribution in [-0.4, -0.2) is 89.7 Å². The van der Waals surface area contributed by atoms with Crippen molar-refractivity contribution >= 4 is 19.9 Å². The molecule has 2 heterocycles.